The van der Waals surface area contributed by atoms with E-state index in [2.05, 4.69) is 95.2 Å². The van der Waals surface area contributed by atoms with Crippen LogP contribution >= 0.6 is 0 Å². The van der Waals surface area contributed by atoms with Gasteiger partial charge in [-0.05, 0) is 50.0 Å². The molecule has 3 heterocycles. The summed E-state index contributed by atoms with van der Waals surface area (Å²) in [5, 5.41) is 12.9. The van der Waals surface area contributed by atoms with Crippen LogP contribution in [0.5, 0.6) is 0 Å². The average Bonchev–Trinajstić information content (AvgIpc) is 3.47. The third-order valence-electron chi connectivity index (χ3n) is 8.38. The summed E-state index contributed by atoms with van der Waals surface area (Å²) in [7, 11) is 0. The second-order valence-corrected chi connectivity index (χ2v) is 10.9. The van der Waals surface area contributed by atoms with Crippen molar-refractivity contribution >= 4 is 65.9 Å². The zero-order valence-electron chi connectivity index (χ0n) is 23.0. The van der Waals surface area contributed by atoms with E-state index in [4.69, 9.17) is 14.4 Å². The normalized spacial score (nSPS) is 15.2. The largest absolute Gasteiger partial charge is 0.454 e. The minimum absolute atomic E-state index is 0.318. The molecule has 6 aromatic carbocycles. The maximum Gasteiger partial charge on any atom is 0.159 e. The lowest BCUT2D eigenvalue weighted by molar-refractivity contribution is 0.665. The van der Waals surface area contributed by atoms with Gasteiger partial charge in [0.05, 0.1) is 6.20 Å². The van der Waals surface area contributed by atoms with Crippen LogP contribution in [0.2, 0.25) is 0 Å². The minimum atomic E-state index is -0.318. The van der Waals surface area contributed by atoms with Crippen molar-refractivity contribution in [3.8, 4) is 0 Å². The second kappa shape index (κ2) is 9.36. The van der Waals surface area contributed by atoms with Gasteiger partial charge >= 0.3 is 0 Å². The molecule has 43 heavy (non-hydrogen) atoms. The summed E-state index contributed by atoms with van der Waals surface area (Å²) in [5.74, 6) is 1.39. The lowest BCUT2D eigenvalue weighted by Crippen LogP contribution is -2.33. The average molecular weight is 553 g/mol. The van der Waals surface area contributed by atoms with E-state index in [1.54, 1.807) is 6.20 Å². The highest BCUT2D eigenvalue weighted by Gasteiger charge is 2.24. The summed E-state index contributed by atoms with van der Waals surface area (Å²) >= 11 is 0. The summed E-state index contributed by atoms with van der Waals surface area (Å²) in [6.45, 7) is 0. The standard InChI is InChI=1S/C38H24N4O/c1-2-9-26(10-3-1)36-40-37(42-38(41-36)31-21-39-22-33-35(31)29-12-6-7-13-32(29)43-33)27-19-16-24-15-18-25-17-14-23-8-4-5-11-28(23)34(25)30(24)20-27/h1-22,36H,(H,40,41,42). The fraction of sp³-hybridized carbons (Fsp3) is 0.0263. The highest BCUT2D eigenvalue weighted by Crippen LogP contribution is 2.35. The summed E-state index contributed by atoms with van der Waals surface area (Å²) in [4.78, 5) is 14.8. The molecule has 0 amide bonds. The molecule has 5 nitrogen and oxygen atoms in total. The van der Waals surface area contributed by atoms with Crippen LogP contribution in [0.3, 0.4) is 0 Å². The Bertz CT molecular complexity index is 2430. The number of para-hydroxylation sites is 1. The number of hydrogen-bond acceptors (Lipinski definition) is 5. The van der Waals surface area contributed by atoms with E-state index in [1.165, 1.54) is 32.3 Å². The van der Waals surface area contributed by atoms with Crippen LogP contribution in [0.4, 0.5) is 0 Å². The highest BCUT2D eigenvalue weighted by atomic mass is 16.3. The fourth-order valence-electron chi connectivity index (χ4n) is 6.34. The molecular formula is C38H24N4O. The van der Waals surface area contributed by atoms with Crippen LogP contribution in [0.1, 0.15) is 22.9 Å². The summed E-state index contributed by atoms with van der Waals surface area (Å²) in [6.07, 6.45) is 3.31. The Kier molecular flexibility index (Phi) is 5.19. The molecule has 0 saturated carbocycles. The van der Waals surface area contributed by atoms with Gasteiger partial charge in [-0.25, -0.2) is 9.98 Å². The van der Waals surface area contributed by atoms with Crippen molar-refractivity contribution in [2.45, 2.75) is 6.17 Å². The number of aliphatic imine (C=N–C) groups is 2. The van der Waals surface area contributed by atoms with Gasteiger partial charge in [0.25, 0.3) is 0 Å². The number of fused-ring (bicyclic) bond motifs is 8. The fourth-order valence-corrected chi connectivity index (χ4v) is 6.34. The van der Waals surface area contributed by atoms with E-state index in [0.717, 1.165) is 38.6 Å². The third-order valence-corrected chi connectivity index (χ3v) is 8.38. The second-order valence-electron chi connectivity index (χ2n) is 10.9. The van der Waals surface area contributed by atoms with Gasteiger partial charge in [0.1, 0.15) is 17.6 Å². The molecule has 8 aromatic rings. The molecule has 0 saturated heterocycles. The number of furan rings is 1. The number of hydrogen-bond donors (Lipinski definition) is 1. The lowest BCUT2D eigenvalue weighted by atomic mass is 9.95. The molecule has 0 fully saturated rings. The van der Waals surface area contributed by atoms with Crippen molar-refractivity contribution < 1.29 is 4.42 Å². The number of benzene rings is 6. The molecule has 5 heteroatoms. The van der Waals surface area contributed by atoms with E-state index in [9.17, 15) is 0 Å². The summed E-state index contributed by atoms with van der Waals surface area (Å²) < 4.78 is 6.16. The molecule has 0 bridgehead atoms. The monoisotopic (exact) mass is 552 g/mol. The number of rotatable bonds is 3. The number of amidine groups is 2. The van der Waals surface area contributed by atoms with Crippen LogP contribution in [-0.4, -0.2) is 16.7 Å². The lowest BCUT2D eigenvalue weighted by Gasteiger charge is -2.24. The molecule has 0 spiro atoms. The smallest absolute Gasteiger partial charge is 0.159 e. The Morgan fingerprint density at radius 3 is 2.19 bits per heavy atom. The summed E-state index contributed by atoms with van der Waals surface area (Å²) in [6, 6.07) is 42.3. The molecule has 2 aromatic heterocycles. The van der Waals surface area contributed by atoms with Gasteiger partial charge in [0, 0.05) is 28.1 Å². The molecule has 1 unspecified atom stereocenters. The molecule has 1 aliphatic heterocycles. The van der Waals surface area contributed by atoms with E-state index in [0.29, 0.717) is 11.7 Å². The molecule has 0 aliphatic carbocycles. The van der Waals surface area contributed by atoms with E-state index >= 15 is 0 Å². The van der Waals surface area contributed by atoms with Crippen LogP contribution < -0.4 is 5.32 Å². The van der Waals surface area contributed by atoms with Crippen molar-refractivity contribution in [3.05, 3.63) is 150 Å². The van der Waals surface area contributed by atoms with Crippen LogP contribution in [0, 0.1) is 0 Å². The molecule has 1 atom stereocenters. The van der Waals surface area contributed by atoms with E-state index in [1.807, 2.05) is 42.6 Å². The van der Waals surface area contributed by atoms with Crippen LogP contribution in [-0.2, 0) is 0 Å². The minimum Gasteiger partial charge on any atom is -0.454 e. The summed E-state index contributed by atoms with van der Waals surface area (Å²) in [5.41, 5.74) is 4.46. The van der Waals surface area contributed by atoms with Gasteiger partial charge in [-0.3, -0.25) is 4.98 Å². The maximum atomic E-state index is 6.16. The Balaban J connectivity index is 1.28. The van der Waals surface area contributed by atoms with Crippen molar-refractivity contribution in [2.24, 2.45) is 9.98 Å². The van der Waals surface area contributed by atoms with Crippen LogP contribution in [0.25, 0.3) is 54.3 Å². The van der Waals surface area contributed by atoms with Gasteiger partial charge < -0.3 is 9.73 Å². The number of nitrogens with one attached hydrogen (secondary N) is 1. The Morgan fingerprint density at radius 1 is 0.581 bits per heavy atom. The Morgan fingerprint density at radius 2 is 1.30 bits per heavy atom. The highest BCUT2D eigenvalue weighted by molar-refractivity contribution is 6.24. The zero-order chi connectivity index (χ0) is 28.3. The van der Waals surface area contributed by atoms with Crippen molar-refractivity contribution in [1.29, 1.82) is 0 Å². The first kappa shape index (κ1) is 23.9. The number of aromatic nitrogens is 1. The Hall–Kier alpha value is -5.81. The first-order chi connectivity index (χ1) is 21.3. The van der Waals surface area contributed by atoms with Gasteiger partial charge in [-0.15, -0.1) is 0 Å². The Labute approximate surface area is 246 Å². The molecule has 9 rings (SSSR count). The first-order valence-corrected chi connectivity index (χ1v) is 14.4. The quantitative estimate of drug-likeness (QED) is 0.223. The number of nitrogens with zero attached hydrogens (tertiary/aromatic N) is 3. The zero-order valence-corrected chi connectivity index (χ0v) is 23.0. The van der Waals surface area contributed by atoms with Gasteiger partial charge in [-0.1, -0.05) is 109 Å². The topological polar surface area (TPSA) is 62.8 Å². The van der Waals surface area contributed by atoms with E-state index < -0.39 is 0 Å². The molecular weight excluding hydrogens is 528 g/mol. The molecule has 0 radical (unpaired) electrons. The SMILES string of the molecule is c1ccc(C2N=C(c3ccc4ccc5ccc6ccccc6c5c4c3)N=C(c3cncc4oc5ccccc5c34)N2)cc1. The van der Waals surface area contributed by atoms with Crippen molar-refractivity contribution in [1.82, 2.24) is 10.3 Å². The predicted molar refractivity (Wildman–Crippen MR) is 176 cm³/mol. The number of pyridine rings is 1. The molecule has 1 N–H and O–H groups in total. The predicted octanol–water partition coefficient (Wildman–Crippen LogP) is 8.94. The first-order valence-electron chi connectivity index (χ1n) is 14.4. The van der Waals surface area contributed by atoms with Gasteiger partial charge in [0.2, 0.25) is 0 Å². The van der Waals surface area contributed by atoms with Crippen LogP contribution in [0.15, 0.2) is 148 Å². The van der Waals surface area contributed by atoms with Crippen molar-refractivity contribution in [2.75, 3.05) is 0 Å². The molecule has 1 aliphatic rings. The van der Waals surface area contributed by atoms with Gasteiger partial charge in [0.15, 0.2) is 11.4 Å². The van der Waals surface area contributed by atoms with E-state index in [-0.39, 0.29) is 6.17 Å². The van der Waals surface area contributed by atoms with Crippen molar-refractivity contribution in [3.63, 3.8) is 0 Å². The maximum absolute atomic E-state index is 6.16. The van der Waals surface area contributed by atoms with Gasteiger partial charge in [-0.2, -0.15) is 0 Å². The third kappa shape index (κ3) is 3.82. The molecule has 202 valence electrons.